The van der Waals surface area contributed by atoms with E-state index in [4.69, 9.17) is 4.43 Å². The zero-order valence-corrected chi connectivity index (χ0v) is 16.9. The van der Waals surface area contributed by atoms with Gasteiger partial charge in [0.05, 0.1) is 5.69 Å². The van der Waals surface area contributed by atoms with E-state index in [2.05, 4.69) is 38.8 Å². The number of nitrogens with zero attached hydrogens (tertiary/aromatic N) is 1. The standard InChI is InChI=1S/C18H25F3N2O2Si/c1-7-23(16(24)18(19,20)21)15-11-22-14-9-8-12(10-13(14)15)25-26(5,6)17(2,3)4/h8-11,22H,7H2,1-6H3. The summed E-state index contributed by atoms with van der Waals surface area (Å²) in [4.78, 5) is 15.4. The third-order valence-corrected chi connectivity index (χ3v) is 9.26. The van der Waals surface area contributed by atoms with Crippen molar-refractivity contribution in [1.82, 2.24) is 4.98 Å². The summed E-state index contributed by atoms with van der Waals surface area (Å²) >= 11 is 0. The van der Waals surface area contributed by atoms with Crippen LogP contribution in [0.1, 0.15) is 27.7 Å². The Morgan fingerprint density at radius 3 is 2.35 bits per heavy atom. The Morgan fingerprint density at radius 2 is 1.85 bits per heavy atom. The molecule has 2 aromatic rings. The molecule has 0 aliphatic rings. The maximum absolute atomic E-state index is 12.9. The summed E-state index contributed by atoms with van der Waals surface area (Å²) < 4.78 is 44.9. The van der Waals surface area contributed by atoms with Crippen molar-refractivity contribution in [1.29, 1.82) is 0 Å². The van der Waals surface area contributed by atoms with Crippen molar-refractivity contribution in [3.63, 3.8) is 0 Å². The summed E-state index contributed by atoms with van der Waals surface area (Å²) in [7, 11) is -2.09. The first-order valence-electron chi connectivity index (χ1n) is 8.47. The first-order valence-corrected chi connectivity index (χ1v) is 11.4. The fourth-order valence-corrected chi connectivity index (χ4v) is 3.42. The molecule has 0 bridgehead atoms. The summed E-state index contributed by atoms with van der Waals surface area (Å²) in [5, 5.41) is 0.519. The van der Waals surface area contributed by atoms with Crippen LogP contribution in [0, 0.1) is 0 Å². The average Bonchev–Trinajstić information content (AvgIpc) is 2.89. The molecule has 0 fully saturated rings. The molecule has 0 aliphatic heterocycles. The number of carbonyl (C=O) groups is 1. The van der Waals surface area contributed by atoms with Gasteiger partial charge in [-0.1, -0.05) is 20.8 Å². The van der Waals surface area contributed by atoms with Crippen LogP contribution in [0.4, 0.5) is 18.9 Å². The van der Waals surface area contributed by atoms with Crippen LogP contribution in [0.2, 0.25) is 18.1 Å². The Hall–Kier alpha value is -1.96. The van der Waals surface area contributed by atoms with Crippen LogP contribution >= 0.6 is 0 Å². The van der Waals surface area contributed by atoms with Crippen molar-refractivity contribution in [3.05, 3.63) is 24.4 Å². The number of aromatic nitrogens is 1. The van der Waals surface area contributed by atoms with Gasteiger partial charge < -0.3 is 14.3 Å². The third-order valence-electron chi connectivity index (χ3n) is 4.91. The zero-order valence-electron chi connectivity index (χ0n) is 15.9. The number of H-pyrrole nitrogens is 1. The molecular formula is C18H25F3N2O2Si. The molecule has 26 heavy (non-hydrogen) atoms. The van der Waals surface area contributed by atoms with Gasteiger partial charge in [-0.3, -0.25) is 4.79 Å². The Bertz CT molecular complexity index is 807. The second kappa shape index (κ2) is 6.64. The lowest BCUT2D eigenvalue weighted by Gasteiger charge is -2.36. The quantitative estimate of drug-likeness (QED) is 0.709. The highest BCUT2D eigenvalue weighted by Crippen LogP contribution is 2.39. The first-order chi connectivity index (χ1) is 11.8. The van der Waals surface area contributed by atoms with Gasteiger partial charge in [-0.05, 0) is 43.3 Å². The Kier molecular flexibility index (Phi) is 5.20. The number of rotatable bonds is 4. The van der Waals surface area contributed by atoms with E-state index in [-0.39, 0.29) is 17.3 Å². The number of alkyl halides is 3. The molecule has 0 unspecified atom stereocenters. The molecule has 1 N–H and O–H groups in total. The summed E-state index contributed by atoms with van der Waals surface area (Å²) in [6.07, 6.45) is -3.50. The summed E-state index contributed by atoms with van der Waals surface area (Å²) in [6, 6.07) is 5.26. The first kappa shape index (κ1) is 20.4. The van der Waals surface area contributed by atoms with E-state index in [0.717, 1.165) is 4.90 Å². The normalized spacial score (nSPS) is 13.1. The number of carbonyl (C=O) groups excluding carboxylic acids is 1. The Balaban J connectivity index is 2.47. The van der Waals surface area contributed by atoms with E-state index in [1.807, 2.05) is 0 Å². The van der Waals surface area contributed by atoms with Crippen LogP contribution in [0.25, 0.3) is 10.9 Å². The van der Waals surface area contributed by atoms with Crippen molar-refractivity contribution in [2.45, 2.75) is 52.0 Å². The zero-order chi connectivity index (χ0) is 19.9. The highest BCUT2D eigenvalue weighted by molar-refractivity contribution is 6.74. The summed E-state index contributed by atoms with van der Waals surface area (Å²) in [5.74, 6) is -1.28. The Morgan fingerprint density at radius 1 is 1.23 bits per heavy atom. The average molecular weight is 386 g/mol. The van der Waals surface area contributed by atoms with E-state index < -0.39 is 20.4 Å². The molecule has 1 aromatic carbocycles. The number of amides is 1. The number of hydrogen-bond acceptors (Lipinski definition) is 2. The minimum Gasteiger partial charge on any atom is -0.543 e. The largest absolute Gasteiger partial charge is 0.543 e. The molecule has 1 amide bonds. The maximum atomic E-state index is 12.9. The van der Waals surface area contributed by atoms with Gasteiger partial charge in [0.15, 0.2) is 0 Å². The number of halogens is 3. The number of anilines is 1. The monoisotopic (exact) mass is 386 g/mol. The highest BCUT2D eigenvalue weighted by atomic mass is 28.4. The molecule has 4 nitrogen and oxygen atoms in total. The van der Waals surface area contributed by atoms with Gasteiger partial charge in [-0.15, -0.1) is 0 Å². The van der Waals surface area contributed by atoms with Crippen molar-refractivity contribution in [2.24, 2.45) is 0 Å². The van der Waals surface area contributed by atoms with E-state index in [9.17, 15) is 18.0 Å². The van der Waals surface area contributed by atoms with Crippen LogP contribution in [0.15, 0.2) is 24.4 Å². The SMILES string of the molecule is CCN(C(=O)C(F)(F)F)c1c[nH]c2ccc(O[Si](C)(C)C(C)(C)C)cc12. The lowest BCUT2D eigenvalue weighted by Crippen LogP contribution is -2.43. The molecule has 1 heterocycles. The van der Waals surface area contributed by atoms with Gasteiger partial charge in [0, 0.05) is 23.6 Å². The topological polar surface area (TPSA) is 45.3 Å². The molecule has 1 aromatic heterocycles. The number of fused-ring (bicyclic) bond motifs is 1. The van der Waals surface area contributed by atoms with Gasteiger partial charge >= 0.3 is 12.1 Å². The highest BCUT2D eigenvalue weighted by Gasteiger charge is 2.43. The molecule has 0 aliphatic carbocycles. The fraction of sp³-hybridized carbons (Fsp3) is 0.500. The van der Waals surface area contributed by atoms with Crippen LogP contribution < -0.4 is 9.33 Å². The number of nitrogens with one attached hydrogen (secondary N) is 1. The van der Waals surface area contributed by atoms with Crippen molar-refractivity contribution >= 4 is 30.8 Å². The van der Waals surface area contributed by atoms with Crippen LogP contribution in [0.5, 0.6) is 5.75 Å². The van der Waals surface area contributed by atoms with Gasteiger partial charge in [-0.2, -0.15) is 13.2 Å². The second-order valence-corrected chi connectivity index (χ2v) is 12.5. The predicted molar refractivity (Wildman–Crippen MR) is 100 cm³/mol. The second-order valence-electron chi connectivity index (χ2n) is 7.79. The molecule has 0 atom stereocenters. The summed E-state index contributed by atoms with van der Waals surface area (Å²) in [5.41, 5.74) is 0.849. The van der Waals surface area contributed by atoms with Crippen molar-refractivity contribution in [3.8, 4) is 5.75 Å². The summed E-state index contributed by atoms with van der Waals surface area (Å²) in [6.45, 7) is 12.0. The maximum Gasteiger partial charge on any atom is 0.471 e. The number of benzene rings is 1. The number of aromatic amines is 1. The van der Waals surface area contributed by atoms with E-state index in [1.54, 1.807) is 18.2 Å². The van der Waals surface area contributed by atoms with E-state index in [0.29, 0.717) is 16.7 Å². The lowest BCUT2D eigenvalue weighted by atomic mass is 10.2. The van der Waals surface area contributed by atoms with E-state index >= 15 is 0 Å². The molecule has 8 heteroatoms. The van der Waals surface area contributed by atoms with Crippen LogP contribution in [0.3, 0.4) is 0 Å². The fourth-order valence-electron chi connectivity index (χ4n) is 2.40. The molecule has 0 radical (unpaired) electrons. The predicted octanol–water partition coefficient (Wildman–Crippen LogP) is 5.47. The molecule has 144 valence electrons. The van der Waals surface area contributed by atoms with E-state index in [1.165, 1.54) is 13.1 Å². The van der Waals surface area contributed by atoms with Gasteiger partial charge in [0.25, 0.3) is 0 Å². The molecule has 0 spiro atoms. The third kappa shape index (κ3) is 3.90. The molecule has 0 saturated heterocycles. The van der Waals surface area contributed by atoms with Crippen LogP contribution in [-0.2, 0) is 4.79 Å². The molecule has 2 rings (SSSR count). The van der Waals surface area contributed by atoms with Crippen molar-refractivity contribution < 1.29 is 22.4 Å². The van der Waals surface area contributed by atoms with Crippen molar-refractivity contribution in [2.75, 3.05) is 11.4 Å². The minimum absolute atomic E-state index is 0.00929. The Labute approximate surface area is 152 Å². The minimum atomic E-state index is -4.92. The molecular weight excluding hydrogens is 361 g/mol. The van der Waals surface area contributed by atoms with Gasteiger partial charge in [0.2, 0.25) is 8.32 Å². The molecule has 0 saturated carbocycles. The smallest absolute Gasteiger partial charge is 0.471 e. The lowest BCUT2D eigenvalue weighted by molar-refractivity contribution is -0.170. The van der Waals surface area contributed by atoms with Crippen LogP contribution in [-0.4, -0.2) is 31.9 Å². The van der Waals surface area contributed by atoms with Gasteiger partial charge in [-0.25, -0.2) is 0 Å². The number of hydrogen-bond donors (Lipinski definition) is 1. The van der Waals surface area contributed by atoms with Gasteiger partial charge in [0.1, 0.15) is 5.75 Å².